The quantitative estimate of drug-likeness (QED) is 0.166. The molecule has 0 bridgehead atoms. The number of allylic oxidation sites excluding steroid dienone is 1. The van der Waals surface area contributed by atoms with Gasteiger partial charge in [-0.05, 0) is 55.5 Å². The monoisotopic (exact) mass is 732 g/mol. The molecule has 2 aromatic carbocycles. The van der Waals surface area contributed by atoms with E-state index in [9.17, 15) is 35.4 Å². The molecular weight excluding hydrogens is 692 g/mol. The number of carboxylic acid groups (broad SMARTS) is 1. The molecule has 2 aromatic rings. The number of carbonyl (C=O) groups is 1. The van der Waals surface area contributed by atoms with E-state index < -0.39 is 54.4 Å². The van der Waals surface area contributed by atoms with Crippen molar-refractivity contribution in [3.05, 3.63) is 59.7 Å². The van der Waals surface area contributed by atoms with Crippen LogP contribution in [-0.2, 0) is 9.53 Å². The minimum absolute atomic E-state index is 0.0221. The Balaban J connectivity index is 1.14. The number of fused-ring (bicyclic) bond motifs is 1. The molecule has 16 nitrogen and oxygen atoms in total. The molecule has 5 aliphatic rings. The van der Waals surface area contributed by atoms with Gasteiger partial charge in [0.05, 0.1) is 19.3 Å². The van der Waals surface area contributed by atoms with Crippen LogP contribution in [0.1, 0.15) is 62.2 Å². The zero-order chi connectivity index (χ0) is 37.3. The third-order valence-electron chi connectivity index (χ3n) is 9.76. The topological polar surface area (TPSA) is 246 Å². The second-order valence-corrected chi connectivity index (χ2v) is 13.5. The fourth-order valence-corrected chi connectivity index (χ4v) is 6.99. The van der Waals surface area contributed by atoms with Crippen LogP contribution in [0.3, 0.4) is 0 Å². The van der Waals surface area contributed by atoms with Gasteiger partial charge in [-0.3, -0.25) is 10.4 Å². The molecule has 53 heavy (non-hydrogen) atoms. The number of rotatable bonds is 12. The van der Waals surface area contributed by atoms with Gasteiger partial charge >= 0.3 is 5.97 Å². The molecule has 280 valence electrons. The summed E-state index contributed by atoms with van der Waals surface area (Å²) >= 11 is 0. The van der Waals surface area contributed by atoms with Gasteiger partial charge in [-0.1, -0.05) is 18.6 Å². The van der Waals surface area contributed by atoms with Gasteiger partial charge in [0.2, 0.25) is 12.0 Å². The molecule has 0 spiro atoms. The van der Waals surface area contributed by atoms with E-state index in [4.69, 9.17) is 29.1 Å². The Morgan fingerprint density at radius 3 is 2.51 bits per heavy atom. The van der Waals surface area contributed by atoms with Crippen molar-refractivity contribution in [3.63, 3.8) is 0 Å². The van der Waals surface area contributed by atoms with Gasteiger partial charge in [0.25, 0.3) is 0 Å². The molecule has 2 fully saturated rings. The highest BCUT2D eigenvalue weighted by Gasteiger charge is 2.59. The van der Waals surface area contributed by atoms with Crippen LogP contribution in [0.15, 0.2) is 63.5 Å². The van der Waals surface area contributed by atoms with Gasteiger partial charge < -0.3 is 54.3 Å². The van der Waals surface area contributed by atoms with E-state index in [-0.39, 0.29) is 52.8 Å². The van der Waals surface area contributed by atoms with Crippen molar-refractivity contribution in [2.24, 2.45) is 15.0 Å². The number of aliphatic hydroxyl groups is 4. The Bertz CT molecular complexity index is 1900. The average molecular weight is 733 g/mol. The van der Waals surface area contributed by atoms with E-state index in [2.05, 4.69) is 15.0 Å². The summed E-state index contributed by atoms with van der Waals surface area (Å²) in [5, 5.41) is 74.1. The fourth-order valence-electron chi connectivity index (χ4n) is 6.99. The number of aliphatic imine (C=N–C) groups is 3. The number of benzene rings is 2. The lowest BCUT2D eigenvalue weighted by Gasteiger charge is -2.46. The van der Waals surface area contributed by atoms with Crippen LogP contribution in [0, 0.1) is 5.41 Å². The van der Waals surface area contributed by atoms with Crippen molar-refractivity contribution in [1.82, 2.24) is 0 Å². The highest BCUT2D eigenvalue weighted by atomic mass is 16.7. The second-order valence-electron chi connectivity index (χ2n) is 13.5. The third-order valence-corrected chi connectivity index (χ3v) is 9.76. The van der Waals surface area contributed by atoms with E-state index in [1.165, 1.54) is 18.5 Å². The van der Waals surface area contributed by atoms with Gasteiger partial charge in [-0.25, -0.2) is 14.8 Å². The highest BCUT2D eigenvalue weighted by Crippen LogP contribution is 2.52. The van der Waals surface area contributed by atoms with Crippen molar-refractivity contribution in [2.45, 2.75) is 87.4 Å². The summed E-state index contributed by atoms with van der Waals surface area (Å²) in [4.78, 5) is 24.4. The summed E-state index contributed by atoms with van der Waals surface area (Å²) in [6.07, 6.45) is 1.16. The van der Waals surface area contributed by atoms with Crippen LogP contribution in [-0.4, -0.2) is 110 Å². The summed E-state index contributed by atoms with van der Waals surface area (Å²) in [6.45, 7) is 0.431. The first-order chi connectivity index (χ1) is 25.5. The lowest BCUT2D eigenvalue weighted by molar-refractivity contribution is -0.303. The van der Waals surface area contributed by atoms with E-state index in [0.29, 0.717) is 37.2 Å². The number of aliphatic carboxylic acids is 1. The van der Waals surface area contributed by atoms with Crippen LogP contribution < -0.4 is 18.9 Å². The maximum absolute atomic E-state index is 12.4. The van der Waals surface area contributed by atoms with Crippen molar-refractivity contribution in [3.8, 4) is 28.7 Å². The first-order valence-corrected chi connectivity index (χ1v) is 17.4. The third kappa shape index (κ3) is 7.48. The Kier molecular flexibility index (Phi) is 10.2. The molecule has 4 aliphatic heterocycles. The predicted octanol–water partition coefficient (Wildman–Crippen LogP) is 3.41. The standard InChI is InChI=1S/C37H40N4O12/c38-28-11-8-20(41-28)12-13-49-22-9-6-19(7-10-22)25-14-24(42)29-26(51-25)15-27(32(30(29)43)50-23-4-2-1-3-5-23)52-36-31(44)33(45)37(48,34(53-36)35(46)47)16-21-17-39-18-40-21/h6-11,14-15,18,23,25,31,33-34,36,38,42-45,48H,1-5,12-13,16-17H2,(H,46,47). The molecule has 1 saturated heterocycles. The summed E-state index contributed by atoms with van der Waals surface area (Å²) in [6, 6.07) is 8.29. The zero-order valence-corrected chi connectivity index (χ0v) is 28.5. The van der Waals surface area contributed by atoms with E-state index in [0.717, 1.165) is 25.0 Å². The molecule has 4 heterocycles. The van der Waals surface area contributed by atoms with Crippen molar-refractivity contribution in [1.29, 1.82) is 5.41 Å². The number of aliphatic hydroxyl groups excluding tert-OH is 3. The van der Waals surface area contributed by atoms with Gasteiger partial charge in [0, 0.05) is 36.4 Å². The summed E-state index contributed by atoms with van der Waals surface area (Å²) < 4.78 is 29.9. The molecule has 7 rings (SSSR count). The van der Waals surface area contributed by atoms with Gasteiger partial charge in [-0.15, -0.1) is 0 Å². The van der Waals surface area contributed by atoms with Crippen molar-refractivity contribution < 1.29 is 59.1 Å². The number of hydrogen-bond donors (Lipinski definition) is 7. The van der Waals surface area contributed by atoms with Gasteiger partial charge in [0.1, 0.15) is 58.9 Å². The molecule has 16 heteroatoms. The van der Waals surface area contributed by atoms with Crippen LogP contribution in [0.2, 0.25) is 0 Å². The molecule has 0 radical (unpaired) electrons. The van der Waals surface area contributed by atoms with E-state index in [1.54, 1.807) is 36.4 Å². The average Bonchev–Trinajstić information content (AvgIpc) is 3.81. The number of phenols is 1. The Morgan fingerprint density at radius 2 is 1.83 bits per heavy atom. The second kappa shape index (κ2) is 15.0. The molecule has 1 aliphatic carbocycles. The maximum atomic E-state index is 12.4. The minimum Gasteiger partial charge on any atom is -0.507 e. The lowest BCUT2D eigenvalue weighted by atomic mass is 9.80. The molecule has 0 aromatic heterocycles. The summed E-state index contributed by atoms with van der Waals surface area (Å²) in [5.74, 6) is -2.11. The van der Waals surface area contributed by atoms with Crippen LogP contribution in [0.25, 0.3) is 5.76 Å². The van der Waals surface area contributed by atoms with Crippen LogP contribution in [0.4, 0.5) is 0 Å². The number of aromatic hydroxyl groups is 1. The van der Waals surface area contributed by atoms with Crippen LogP contribution >= 0.6 is 0 Å². The molecule has 7 N–H and O–H groups in total. The first kappa shape index (κ1) is 36.1. The SMILES string of the molecule is N=C1C=CC(CCOc2ccc(C3C=C(O)c4c(cc(OC5OC(C(=O)O)C(O)(CC6=NC=NC6)C(O)C5O)c(OC5CCCCC5)c4O)O3)cc2)=N1. The number of ether oxygens (including phenoxy) is 5. The Labute approximate surface area is 303 Å². The van der Waals surface area contributed by atoms with Gasteiger partial charge in [0.15, 0.2) is 17.6 Å². The number of carboxylic acids is 1. The molecule has 0 amide bonds. The Hall–Kier alpha value is -5.29. The number of nitrogens with one attached hydrogen (secondary N) is 1. The largest absolute Gasteiger partial charge is 0.507 e. The Morgan fingerprint density at radius 1 is 1.06 bits per heavy atom. The molecular formula is C37H40N4O12. The highest BCUT2D eigenvalue weighted by molar-refractivity contribution is 6.14. The molecule has 6 unspecified atom stereocenters. The lowest BCUT2D eigenvalue weighted by Crippen LogP contribution is -2.69. The van der Waals surface area contributed by atoms with Crippen molar-refractivity contribution in [2.75, 3.05) is 13.2 Å². The number of hydrogen-bond acceptors (Lipinski definition) is 14. The summed E-state index contributed by atoms with van der Waals surface area (Å²) in [5.41, 5.74) is -0.885. The maximum Gasteiger partial charge on any atom is 0.336 e. The first-order valence-electron chi connectivity index (χ1n) is 17.4. The van der Waals surface area contributed by atoms with E-state index in [1.807, 2.05) is 0 Å². The van der Waals surface area contributed by atoms with E-state index >= 15 is 0 Å². The summed E-state index contributed by atoms with van der Waals surface area (Å²) in [7, 11) is 0. The number of nitrogens with zero attached hydrogens (tertiary/aromatic N) is 3. The number of phenolic OH excluding ortho intramolecular Hbond substituents is 1. The predicted molar refractivity (Wildman–Crippen MR) is 190 cm³/mol. The normalized spacial score (nSPS) is 28.1. The van der Waals surface area contributed by atoms with Crippen LogP contribution in [0.5, 0.6) is 28.7 Å². The smallest absolute Gasteiger partial charge is 0.336 e. The molecule has 6 atom stereocenters. The molecule has 1 saturated carbocycles. The zero-order valence-electron chi connectivity index (χ0n) is 28.5. The van der Waals surface area contributed by atoms with Crippen molar-refractivity contribution >= 4 is 35.3 Å². The minimum atomic E-state index is -2.49. The van der Waals surface area contributed by atoms with Gasteiger partial charge in [-0.2, -0.15) is 0 Å². The number of amidine groups is 1. The fraction of sp³-hybridized carbons (Fsp3) is 0.432.